The Morgan fingerprint density at radius 3 is 3.00 bits per heavy atom. The molecule has 0 fully saturated rings. The molecule has 0 spiro atoms. The van der Waals surface area contributed by atoms with Gasteiger partial charge in [-0.25, -0.2) is 0 Å². The molecule has 0 amide bonds. The van der Waals surface area contributed by atoms with Gasteiger partial charge in [-0.2, -0.15) is 0 Å². The van der Waals surface area contributed by atoms with Gasteiger partial charge in [0.25, 0.3) is 0 Å². The molecule has 1 N–H and O–H groups in total. The minimum atomic E-state index is 0.287. The van der Waals surface area contributed by atoms with E-state index in [0.717, 1.165) is 5.75 Å². The van der Waals surface area contributed by atoms with E-state index in [0.29, 0.717) is 13.8 Å². The van der Waals surface area contributed by atoms with Gasteiger partial charge in [0, 0.05) is 0 Å². The molecule has 0 rings (SSSR count). The summed E-state index contributed by atoms with van der Waals surface area (Å²) in [6.45, 7) is 3.85. The zero-order valence-electron chi connectivity index (χ0n) is 5.53. The topological polar surface area (TPSA) is 20.2 Å². The molecule has 0 aliphatic carbocycles. The number of hydrogen-bond donors (Lipinski definition) is 1. The Morgan fingerprint density at radius 1 is 1.60 bits per heavy atom. The average molecular weight is 241 g/mol. The van der Waals surface area contributed by atoms with Crippen molar-refractivity contribution in [1.29, 1.82) is 0 Å². The quantitative estimate of drug-likeness (QED) is 0.564. The fraction of sp³-hybridized carbons (Fsp3) is 0.333. The molecule has 0 heterocycles. The summed E-state index contributed by atoms with van der Waals surface area (Å²) < 4.78 is 0. The monoisotopic (exact) mass is 242 g/mol. The Balaban J connectivity index is 2.94. The molecule has 58 valence electrons. The first-order valence-electron chi connectivity index (χ1n) is 2.72. The van der Waals surface area contributed by atoms with Gasteiger partial charge in [0.1, 0.15) is 0 Å². The molecule has 0 radical (unpaired) electrons. The molecule has 0 aromatic heterocycles. The van der Waals surface area contributed by atoms with Crippen LogP contribution in [0.4, 0.5) is 0 Å². The minimum absolute atomic E-state index is 0.287. The van der Waals surface area contributed by atoms with Gasteiger partial charge in [0.05, 0.1) is 0 Å². The van der Waals surface area contributed by atoms with Crippen molar-refractivity contribution in [3.05, 3.63) is 22.4 Å². The number of hydrogen-bond acceptors (Lipinski definition) is 3. The number of thioether (sulfide) groups is 1. The van der Waals surface area contributed by atoms with Gasteiger partial charge in [0.15, 0.2) is 0 Å². The molecular formula is C6H10OS2Se. The molecule has 0 bridgehead atoms. The van der Waals surface area contributed by atoms with Crippen LogP contribution in [-0.4, -0.2) is 31.3 Å². The van der Waals surface area contributed by atoms with E-state index in [1.807, 2.05) is 5.41 Å². The van der Waals surface area contributed by atoms with Crippen molar-refractivity contribution in [2.75, 3.05) is 12.4 Å². The van der Waals surface area contributed by atoms with Crippen LogP contribution < -0.4 is 0 Å². The molecule has 0 aromatic carbocycles. The van der Waals surface area contributed by atoms with E-state index in [4.69, 9.17) is 5.11 Å². The van der Waals surface area contributed by atoms with Crippen LogP contribution in [0.15, 0.2) is 22.4 Å². The molecule has 0 aliphatic rings. The number of aliphatic hydroxyl groups excluding tert-OH is 1. The third kappa shape index (κ3) is 8.66. The summed E-state index contributed by atoms with van der Waals surface area (Å²) in [6, 6.07) is 0. The van der Waals surface area contributed by atoms with Crippen molar-refractivity contribution in [1.82, 2.24) is 0 Å². The first-order valence-corrected chi connectivity index (χ1v) is 7.66. The maximum absolute atomic E-state index is 8.41. The van der Waals surface area contributed by atoms with Gasteiger partial charge in [-0.1, -0.05) is 0 Å². The summed E-state index contributed by atoms with van der Waals surface area (Å²) in [6.07, 6.45) is 0. The normalized spacial score (nSPS) is 10.5. The summed E-state index contributed by atoms with van der Waals surface area (Å²) in [7, 11) is 1.78. The first kappa shape index (κ1) is 10.7. The van der Waals surface area contributed by atoms with Gasteiger partial charge in [0.2, 0.25) is 0 Å². The molecule has 0 unspecified atom stereocenters. The summed E-state index contributed by atoms with van der Waals surface area (Å²) in [5, 5.41) is 12.2. The van der Waals surface area contributed by atoms with E-state index in [1.54, 1.807) is 27.3 Å². The van der Waals surface area contributed by atoms with Crippen LogP contribution in [0, 0.1) is 0 Å². The standard InChI is InChI=1S/C6H10OS2Se/c1-2-8-5-6-10-9-4-3-7/h2,5-7H,1,3-4H2/b6-5-. The van der Waals surface area contributed by atoms with Crippen molar-refractivity contribution in [3.8, 4) is 0 Å². The van der Waals surface area contributed by atoms with Crippen molar-refractivity contribution in [3.63, 3.8) is 0 Å². The van der Waals surface area contributed by atoms with Crippen LogP contribution in [0.2, 0.25) is 0 Å². The molecule has 0 saturated carbocycles. The fourth-order valence-corrected chi connectivity index (χ4v) is 3.67. The SMILES string of the molecule is C=CS/C=C\[Se]SCCO. The van der Waals surface area contributed by atoms with Gasteiger partial charge >= 0.3 is 75.6 Å². The molecule has 4 heteroatoms. The van der Waals surface area contributed by atoms with E-state index < -0.39 is 0 Å². The molecule has 0 aromatic rings. The second kappa shape index (κ2) is 9.66. The van der Waals surface area contributed by atoms with E-state index in [1.165, 1.54) is 0 Å². The van der Waals surface area contributed by atoms with Gasteiger partial charge < -0.3 is 0 Å². The molecule has 10 heavy (non-hydrogen) atoms. The zero-order chi connectivity index (χ0) is 7.66. The van der Waals surface area contributed by atoms with Crippen molar-refractivity contribution in [2.24, 2.45) is 0 Å². The van der Waals surface area contributed by atoms with E-state index in [-0.39, 0.29) is 6.61 Å². The molecule has 0 saturated heterocycles. The van der Waals surface area contributed by atoms with Crippen LogP contribution in [0.1, 0.15) is 0 Å². The summed E-state index contributed by atoms with van der Waals surface area (Å²) in [4.78, 5) is 2.12. The van der Waals surface area contributed by atoms with E-state index in [2.05, 4.69) is 11.6 Å². The Hall–Kier alpha value is 0.659. The van der Waals surface area contributed by atoms with Gasteiger partial charge in [-0.3, -0.25) is 0 Å². The van der Waals surface area contributed by atoms with E-state index in [9.17, 15) is 0 Å². The zero-order valence-corrected chi connectivity index (χ0v) is 8.87. The second-order valence-electron chi connectivity index (χ2n) is 1.22. The predicted molar refractivity (Wildman–Crippen MR) is 52.2 cm³/mol. The molecule has 1 nitrogen and oxygen atoms in total. The predicted octanol–water partition coefficient (Wildman–Crippen LogP) is 1.68. The van der Waals surface area contributed by atoms with Gasteiger partial charge in [-0.15, -0.1) is 0 Å². The molecule has 0 atom stereocenters. The summed E-state index contributed by atoms with van der Waals surface area (Å²) in [5.41, 5.74) is 0. The van der Waals surface area contributed by atoms with Crippen molar-refractivity contribution >= 4 is 35.8 Å². The Bertz CT molecular complexity index is 106. The van der Waals surface area contributed by atoms with Crippen molar-refractivity contribution < 1.29 is 5.11 Å². The van der Waals surface area contributed by atoms with E-state index >= 15 is 0 Å². The average Bonchev–Trinajstić information content (AvgIpc) is 1.97. The Kier molecular flexibility index (Phi) is 10.3. The van der Waals surface area contributed by atoms with Gasteiger partial charge in [-0.05, 0) is 0 Å². The summed E-state index contributed by atoms with van der Waals surface area (Å²) >= 11 is 2.07. The van der Waals surface area contributed by atoms with Crippen molar-refractivity contribution in [2.45, 2.75) is 0 Å². The maximum atomic E-state index is 8.41. The Labute approximate surface area is 75.6 Å². The fourth-order valence-electron chi connectivity index (χ4n) is 0.235. The summed E-state index contributed by atoms with van der Waals surface area (Å²) in [5.74, 6) is 0.850. The first-order chi connectivity index (χ1) is 4.91. The van der Waals surface area contributed by atoms with Crippen LogP contribution >= 0.6 is 21.9 Å². The third-order valence-corrected chi connectivity index (χ3v) is 4.89. The molecular weight excluding hydrogens is 231 g/mol. The molecule has 0 aliphatic heterocycles. The number of rotatable bonds is 6. The Morgan fingerprint density at radius 2 is 2.40 bits per heavy atom. The van der Waals surface area contributed by atoms with Crippen LogP contribution in [0.25, 0.3) is 0 Å². The second-order valence-corrected chi connectivity index (χ2v) is 6.20. The number of aliphatic hydroxyl groups is 1. The van der Waals surface area contributed by atoms with Crippen LogP contribution in [-0.2, 0) is 0 Å². The van der Waals surface area contributed by atoms with Crippen LogP contribution in [0.5, 0.6) is 0 Å². The van der Waals surface area contributed by atoms with Crippen LogP contribution in [0.3, 0.4) is 0 Å². The third-order valence-electron chi connectivity index (χ3n) is 0.529.